The van der Waals surface area contributed by atoms with Gasteiger partial charge >= 0.3 is 5.97 Å². The Labute approximate surface area is 115 Å². The number of aliphatic hydroxyl groups excluding tert-OH is 1. The van der Waals surface area contributed by atoms with Crippen molar-refractivity contribution in [3.63, 3.8) is 0 Å². The molecule has 0 spiro atoms. The first-order valence-electron chi connectivity index (χ1n) is 5.85. The van der Waals surface area contributed by atoms with Gasteiger partial charge in [0.25, 0.3) is 0 Å². The van der Waals surface area contributed by atoms with Crippen LogP contribution in [0.15, 0.2) is 12.1 Å². The van der Waals surface area contributed by atoms with Crippen LogP contribution in [0.5, 0.6) is 5.06 Å². The van der Waals surface area contributed by atoms with Gasteiger partial charge < -0.3 is 20.0 Å². The summed E-state index contributed by atoms with van der Waals surface area (Å²) in [6, 6.07) is 1.92. The molecule has 1 aliphatic heterocycles. The van der Waals surface area contributed by atoms with Gasteiger partial charge in [-0.2, -0.15) is 0 Å². The molecule has 3 N–H and O–H groups in total. The van der Waals surface area contributed by atoms with Crippen LogP contribution in [0, 0.1) is 0 Å². The third-order valence-corrected chi connectivity index (χ3v) is 3.58. The fourth-order valence-electron chi connectivity index (χ4n) is 1.69. The minimum atomic E-state index is -0.398. The van der Waals surface area contributed by atoms with Gasteiger partial charge in [-0.15, -0.1) is 0 Å². The highest BCUT2D eigenvalue weighted by Crippen LogP contribution is 2.35. The number of nitrogens with one attached hydrogen (secondary N) is 2. The molecule has 1 aromatic rings. The monoisotopic (exact) mass is 284 g/mol. The molecule has 0 bridgehead atoms. The van der Waals surface area contributed by atoms with Gasteiger partial charge in [0.2, 0.25) is 0 Å². The number of carbonyl (C=O) groups is 1. The van der Waals surface area contributed by atoms with Crippen LogP contribution in [0.25, 0.3) is 5.70 Å². The molecule has 6 nitrogen and oxygen atoms in total. The van der Waals surface area contributed by atoms with Gasteiger partial charge in [0.05, 0.1) is 25.0 Å². The molecule has 1 aliphatic rings. The van der Waals surface area contributed by atoms with Gasteiger partial charge in [-0.3, -0.25) is 0 Å². The summed E-state index contributed by atoms with van der Waals surface area (Å²) in [7, 11) is 1.34. The number of ether oxygens (including phenoxy) is 2. The van der Waals surface area contributed by atoms with E-state index in [0.29, 0.717) is 9.94 Å². The largest absolute Gasteiger partial charge is 0.481 e. The van der Waals surface area contributed by atoms with Crippen molar-refractivity contribution >= 4 is 23.0 Å². The summed E-state index contributed by atoms with van der Waals surface area (Å²) < 4.78 is 10.2. The van der Waals surface area contributed by atoms with Crippen molar-refractivity contribution in [2.75, 3.05) is 20.3 Å². The molecule has 2 rings (SSSR count). The van der Waals surface area contributed by atoms with E-state index >= 15 is 0 Å². The first-order valence-corrected chi connectivity index (χ1v) is 6.67. The van der Waals surface area contributed by atoms with Crippen molar-refractivity contribution in [3.8, 4) is 5.06 Å². The van der Waals surface area contributed by atoms with Crippen molar-refractivity contribution in [2.45, 2.75) is 13.0 Å². The Kier molecular flexibility index (Phi) is 4.41. The standard InChI is InChI=1S/C12H16N2O4S/c1-7-5-9(14-13-7)8-6-10(11(16)17-2)19-12(8)18-4-3-15/h5-7,13-15H,3-4H2,1-2H3. The molecule has 2 heterocycles. The lowest BCUT2D eigenvalue weighted by Gasteiger charge is -2.06. The van der Waals surface area contributed by atoms with E-state index in [4.69, 9.17) is 14.6 Å². The van der Waals surface area contributed by atoms with Crippen LogP contribution in [-0.4, -0.2) is 37.4 Å². The molecular formula is C12H16N2O4S. The molecule has 0 fully saturated rings. The highest BCUT2D eigenvalue weighted by atomic mass is 32.1. The first-order chi connectivity index (χ1) is 9.15. The minimum Gasteiger partial charge on any atom is -0.481 e. The quantitative estimate of drug-likeness (QED) is 0.692. The molecule has 1 atom stereocenters. The smallest absolute Gasteiger partial charge is 0.348 e. The third kappa shape index (κ3) is 3.06. The Morgan fingerprint density at radius 3 is 2.95 bits per heavy atom. The lowest BCUT2D eigenvalue weighted by molar-refractivity contribution is 0.0606. The molecule has 104 valence electrons. The second kappa shape index (κ2) is 6.05. The third-order valence-electron chi connectivity index (χ3n) is 2.55. The summed E-state index contributed by atoms with van der Waals surface area (Å²) in [4.78, 5) is 12.0. The minimum absolute atomic E-state index is 0.0774. The van der Waals surface area contributed by atoms with E-state index in [2.05, 4.69) is 10.9 Å². The van der Waals surface area contributed by atoms with Gasteiger partial charge in [-0.25, -0.2) is 10.2 Å². The van der Waals surface area contributed by atoms with Crippen LogP contribution in [0.2, 0.25) is 0 Å². The number of methoxy groups -OCH3 is 1. The maximum atomic E-state index is 11.6. The van der Waals surface area contributed by atoms with E-state index in [1.54, 1.807) is 6.07 Å². The van der Waals surface area contributed by atoms with Crippen molar-refractivity contribution in [1.82, 2.24) is 10.9 Å². The van der Waals surface area contributed by atoms with Crippen LogP contribution >= 0.6 is 11.3 Å². The summed E-state index contributed by atoms with van der Waals surface area (Å²) in [6.07, 6.45) is 1.99. The highest BCUT2D eigenvalue weighted by molar-refractivity contribution is 7.16. The number of aliphatic hydroxyl groups is 1. The van der Waals surface area contributed by atoms with Gasteiger partial charge in [0.1, 0.15) is 11.5 Å². The summed E-state index contributed by atoms with van der Waals surface area (Å²) in [6.45, 7) is 2.11. The number of esters is 1. The number of hydrazine groups is 1. The number of carbonyl (C=O) groups excluding carboxylic acids is 1. The second-order valence-electron chi connectivity index (χ2n) is 4.01. The van der Waals surface area contributed by atoms with Crippen molar-refractivity contribution in [2.24, 2.45) is 0 Å². The molecule has 1 aromatic heterocycles. The molecule has 1 unspecified atom stereocenters. The van der Waals surface area contributed by atoms with Crippen LogP contribution in [-0.2, 0) is 4.74 Å². The van der Waals surface area contributed by atoms with Gasteiger partial charge in [-0.1, -0.05) is 11.3 Å². The summed E-state index contributed by atoms with van der Waals surface area (Å²) in [5, 5.41) is 9.42. The molecule has 0 radical (unpaired) electrons. The Bertz CT molecular complexity index is 498. The maximum Gasteiger partial charge on any atom is 0.348 e. The van der Waals surface area contributed by atoms with Gasteiger partial charge in [0, 0.05) is 6.04 Å². The number of hydrogen-bond donors (Lipinski definition) is 3. The lowest BCUT2D eigenvalue weighted by Crippen LogP contribution is -2.29. The van der Waals surface area contributed by atoms with Gasteiger partial charge in [0.15, 0.2) is 5.06 Å². The predicted octanol–water partition coefficient (Wildman–Crippen LogP) is 0.743. The van der Waals surface area contributed by atoms with E-state index in [1.165, 1.54) is 18.4 Å². The number of thiophene rings is 1. The Balaban J connectivity index is 2.31. The Morgan fingerprint density at radius 1 is 1.58 bits per heavy atom. The number of rotatable bonds is 5. The topological polar surface area (TPSA) is 79.8 Å². The molecule has 0 saturated carbocycles. The van der Waals surface area contributed by atoms with E-state index < -0.39 is 5.97 Å². The number of hydrogen-bond acceptors (Lipinski definition) is 7. The summed E-state index contributed by atoms with van der Waals surface area (Å²) >= 11 is 1.20. The lowest BCUT2D eigenvalue weighted by atomic mass is 10.2. The van der Waals surface area contributed by atoms with Crippen molar-refractivity contribution < 1.29 is 19.4 Å². The molecular weight excluding hydrogens is 268 g/mol. The average molecular weight is 284 g/mol. The van der Waals surface area contributed by atoms with Crippen LogP contribution in [0.1, 0.15) is 22.2 Å². The Hall–Kier alpha value is -1.57. The predicted molar refractivity (Wildman–Crippen MR) is 71.9 cm³/mol. The molecule has 19 heavy (non-hydrogen) atoms. The zero-order valence-electron chi connectivity index (χ0n) is 10.7. The fourth-order valence-corrected chi connectivity index (χ4v) is 2.66. The average Bonchev–Trinajstić information content (AvgIpc) is 3.01. The maximum absolute atomic E-state index is 11.6. The molecule has 7 heteroatoms. The Morgan fingerprint density at radius 2 is 2.37 bits per heavy atom. The summed E-state index contributed by atoms with van der Waals surface area (Å²) in [5.41, 5.74) is 7.72. The molecule has 0 aromatic carbocycles. The van der Waals surface area contributed by atoms with Crippen LogP contribution in [0.4, 0.5) is 0 Å². The highest BCUT2D eigenvalue weighted by Gasteiger charge is 2.21. The first kappa shape index (κ1) is 13.9. The van der Waals surface area contributed by atoms with E-state index in [0.717, 1.165) is 11.3 Å². The van der Waals surface area contributed by atoms with Crippen molar-refractivity contribution in [1.29, 1.82) is 0 Å². The molecule has 0 saturated heterocycles. The van der Waals surface area contributed by atoms with E-state index in [9.17, 15) is 4.79 Å². The van der Waals surface area contributed by atoms with Crippen LogP contribution < -0.4 is 15.6 Å². The summed E-state index contributed by atoms with van der Waals surface area (Å²) in [5.74, 6) is -0.398. The SMILES string of the molecule is COC(=O)c1cc(C2=CC(C)NN2)c(OCCO)s1. The normalized spacial score (nSPS) is 17.8. The van der Waals surface area contributed by atoms with Gasteiger partial charge in [-0.05, 0) is 19.1 Å². The second-order valence-corrected chi connectivity index (χ2v) is 5.03. The van der Waals surface area contributed by atoms with E-state index in [-0.39, 0.29) is 19.3 Å². The van der Waals surface area contributed by atoms with E-state index in [1.807, 2.05) is 13.0 Å². The zero-order valence-corrected chi connectivity index (χ0v) is 11.5. The molecule has 0 aliphatic carbocycles. The van der Waals surface area contributed by atoms with Crippen LogP contribution in [0.3, 0.4) is 0 Å². The molecule has 0 amide bonds. The van der Waals surface area contributed by atoms with Crippen molar-refractivity contribution in [3.05, 3.63) is 22.6 Å². The fraction of sp³-hybridized carbons (Fsp3) is 0.417. The zero-order chi connectivity index (χ0) is 13.8.